The molecule has 0 heterocycles. The van der Waals surface area contributed by atoms with Gasteiger partial charge in [0.2, 0.25) is 0 Å². The third-order valence-electron chi connectivity index (χ3n) is 3.19. The summed E-state index contributed by atoms with van der Waals surface area (Å²) in [5.74, 6) is -0.877. The van der Waals surface area contributed by atoms with Gasteiger partial charge in [-0.2, -0.15) is 13.2 Å². The summed E-state index contributed by atoms with van der Waals surface area (Å²) in [5.41, 5.74) is 0.338. The van der Waals surface area contributed by atoms with Crippen LogP contribution in [0, 0.1) is 0 Å². The Bertz CT molecular complexity index is 650. The number of carbonyl (C=O) groups excluding carboxylic acids is 1. The van der Waals surface area contributed by atoms with Crippen LogP contribution in [0.5, 0.6) is 0 Å². The van der Waals surface area contributed by atoms with Crippen LogP contribution in [0.4, 0.5) is 18.9 Å². The fourth-order valence-electron chi connectivity index (χ4n) is 2.17. The second kappa shape index (κ2) is 6.68. The fourth-order valence-corrected chi connectivity index (χ4v) is 2.17. The molecule has 2 rings (SSSR count). The molecule has 6 heteroatoms. The predicted octanol–water partition coefficient (Wildman–Crippen LogP) is 4.14. The minimum absolute atomic E-state index is 0.0533. The Morgan fingerprint density at radius 3 is 2.55 bits per heavy atom. The number of ether oxygens (including phenoxy) is 1. The minimum Gasteiger partial charge on any atom is -0.466 e. The standard InChI is InChI=1S/C16H16F3NO2/c1-2-22-15(21)10-14(16(17,18)19)20-13-9-5-7-11-6-3-4-8-12(11)13/h3-9,14,20H,2,10H2,1H3/t14-/m1/s1. The quantitative estimate of drug-likeness (QED) is 0.844. The van der Waals surface area contributed by atoms with E-state index in [1.165, 1.54) is 0 Å². The molecule has 0 amide bonds. The van der Waals surface area contributed by atoms with Gasteiger partial charge in [0.05, 0.1) is 13.0 Å². The first-order chi connectivity index (χ1) is 10.4. The second-order valence-corrected chi connectivity index (χ2v) is 4.77. The first kappa shape index (κ1) is 16.1. The summed E-state index contributed by atoms with van der Waals surface area (Å²) >= 11 is 0. The van der Waals surface area contributed by atoms with Crippen molar-refractivity contribution in [1.82, 2.24) is 0 Å². The highest BCUT2D eigenvalue weighted by atomic mass is 19.4. The topological polar surface area (TPSA) is 38.3 Å². The van der Waals surface area contributed by atoms with Crippen molar-refractivity contribution in [2.75, 3.05) is 11.9 Å². The number of alkyl halides is 3. The van der Waals surface area contributed by atoms with Gasteiger partial charge in [0.15, 0.2) is 0 Å². The van der Waals surface area contributed by atoms with Crippen LogP contribution in [0.3, 0.4) is 0 Å². The number of hydrogen-bond donors (Lipinski definition) is 1. The Balaban J connectivity index is 2.27. The molecule has 0 unspecified atom stereocenters. The fraction of sp³-hybridized carbons (Fsp3) is 0.312. The summed E-state index contributed by atoms with van der Waals surface area (Å²) < 4.78 is 44.0. The van der Waals surface area contributed by atoms with Crippen molar-refractivity contribution < 1.29 is 22.7 Å². The molecular weight excluding hydrogens is 295 g/mol. The van der Waals surface area contributed by atoms with Crippen molar-refractivity contribution in [2.24, 2.45) is 0 Å². The molecule has 0 saturated carbocycles. The summed E-state index contributed by atoms with van der Waals surface area (Å²) in [7, 11) is 0. The van der Waals surface area contributed by atoms with E-state index >= 15 is 0 Å². The lowest BCUT2D eigenvalue weighted by atomic mass is 10.1. The maximum Gasteiger partial charge on any atom is 0.409 e. The van der Waals surface area contributed by atoms with Crippen LogP contribution in [-0.4, -0.2) is 24.8 Å². The maximum atomic E-state index is 13.1. The monoisotopic (exact) mass is 311 g/mol. The van der Waals surface area contributed by atoms with E-state index in [0.717, 1.165) is 5.39 Å². The second-order valence-electron chi connectivity index (χ2n) is 4.77. The van der Waals surface area contributed by atoms with Crippen LogP contribution in [0.2, 0.25) is 0 Å². The third-order valence-corrected chi connectivity index (χ3v) is 3.19. The van der Waals surface area contributed by atoms with E-state index in [9.17, 15) is 18.0 Å². The van der Waals surface area contributed by atoms with E-state index in [0.29, 0.717) is 11.1 Å². The summed E-state index contributed by atoms with van der Waals surface area (Å²) in [6, 6.07) is 10.2. The number of rotatable bonds is 5. The molecule has 0 aliphatic carbocycles. The van der Waals surface area contributed by atoms with Crippen molar-refractivity contribution >= 4 is 22.4 Å². The molecule has 22 heavy (non-hydrogen) atoms. The summed E-state index contributed by atoms with van der Waals surface area (Å²) in [6.45, 7) is 1.61. The van der Waals surface area contributed by atoms with Crippen molar-refractivity contribution in [3.8, 4) is 0 Å². The maximum absolute atomic E-state index is 13.1. The Morgan fingerprint density at radius 2 is 1.86 bits per heavy atom. The molecule has 0 radical (unpaired) electrons. The van der Waals surface area contributed by atoms with Crippen LogP contribution < -0.4 is 5.32 Å². The van der Waals surface area contributed by atoms with Crippen molar-refractivity contribution in [1.29, 1.82) is 0 Å². The smallest absolute Gasteiger partial charge is 0.409 e. The van der Waals surface area contributed by atoms with Crippen LogP contribution >= 0.6 is 0 Å². The number of esters is 1. The van der Waals surface area contributed by atoms with Gasteiger partial charge < -0.3 is 10.1 Å². The van der Waals surface area contributed by atoms with Gasteiger partial charge in [-0.05, 0) is 18.4 Å². The SMILES string of the molecule is CCOC(=O)C[C@@H](Nc1cccc2ccccc12)C(F)(F)F. The van der Waals surface area contributed by atoms with E-state index in [-0.39, 0.29) is 6.61 Å². The van der Waals surface area contributed by atoms with Crippen LogP contribution in [0.15, 0.2) is 42.5 Å². The van der Waals surface area contributed by atoms with Gasteiger partial charge in [0.1, 0.15) is 6.04 Å². The lowest BCUT2D eigenvalue weighted by Gasteiger charge is -2.22. The molecule has 0 aromatic heterocycles. The predicted molar refractivity (Wildman–Crippen MR) is 78.7 cm³/mol. The van der Waals surface area contributed by atoms with Gasteiger partial charge in [-0.3, -0.25) is 4.79 Å². The zero-order valence-corrected chi connectivity index (χ0v) is 12.0. The molecular formula is C16H16F3NO2. The number of nitrogens with one attached hydrogen (secondary N) is 1. The Morgan fingerprint density at radius 1 is 1.18 bits per heavy atom. The number of fused-ring (bicyclic) bond motifs is 1. The molecule has 2 aromatic rings. The van der Waals surface area contributed by atoms with Crippen molar-refractivity contribution in [3.63, 3.8) is 0 Å². The molecule has 0 aliphatic heterocycles. The first-order valence-corrected chi connectivity index (χ1v) is 6.88. The molecule has 1 atom stereocenters. The van der Waals surface area contributed by atoms with E-state index in [2.05, 4.69) is 10.1 Å². The summed E-state index contributed by atoms with van der Waals surface area (Å²) in [5, 5.41) is 3.92. The summed E-state index contributed by atoms with van der Waals surface area (Å²) in [4.78, 5) is 11.4. The average molecular weight is 311 g/mol. The first-order valence-electron chi connectivity index (χ1n) is 6.88. The third kappa shape index (κ3) is 3.90. The molecule has 3 nitrogen and oxygen atoms in total. The highest BCUT2D eigenvalue weighted by Gasteiger charge is 2.41. The molecule has 1 N–H and O–H groups in total. The van der Waals surface area contributed by atoms with Gasteiger partial charge in [-0.15, -0.1) is 0 Å². The average Bonchev–Trinajstić information content (AvgIpc) is 2.46. The normalized spacial score (nSPS) is 12.9. The van der Waals surface area contributed by atoms with Gasteiger partial charge in [-0.25, -0.2) is 0 Å². The van der Waals surface area contributed by atoms with Crippen LogP contribution in [-0.2, 0) is 9.53 Å². The molecule has 0 fully saturated rings. The van der Waals surface area contributed by atoms with E-state index in [4.69, 9.17) is 0 Å². The summed E-state index contributed by atoms with van der Waals surface area (Å²) in [6.07, 6.45) is -5.32. The molecule has 0 saturated heterocycles. The zero-order valence-electron chi connectivity index (χ0n) is 12.0. The highest BCUT2D eigenvalue weighted by Crippen LogP contribution is 2.30. The van der Waals surface area contributed by atoms with Crippen LogP contribution in [0.25, 0.3) is 10.8 Å². The number of benzene rings is 2. The van der Waals surface area contributed by atoms with E-state index in [1.807, 2.05) is 18.2 Å². The van der Waals surface area contributed by atoms with E-state index in [1.54, 1.807) is 31.2 Å². The van der Waals surface area contributed by atoms with Gasteiger partial charge in [0.25, 0.3) is 0 Å². The molecule has 0 bridgehead atoms. The number of anilines is 1. The van der Waals surface area contributed by atoms with Gasteiger partial charge >= 0.3 is 12.1 Å². The van der Waals surface area contributed by atoms with E-state index < -0.39 is 24.6 Å². The van der Waals surface area contributed by atoms with Crippen molar-refractivity contribution in [3.05, 3.63) is 42.5 Å². The van der Waals surface area contributed by atoms with Crippen molar-refractivity contribution in [2.45, 2.75) is 25.6 Å². The Hall–Kier alpha value is -2.24. The minimum atomic E-state index is -4.55. The zero-order chi connectivity index (χ0) is 16.2. The molecule has 0 spiro atoms. The van der Waals surface area contributed by atoms with Gasteiger partial charge in [0, 0.05) is 11.1 Å². The lowest BCUT2D eigenvalue weighted by Crippen LogP contribution is -2.38. The lowest BCUT2D eigenvalue weighted by molar-refractivity contribution is -0.161. The number of halogens is 3. The molecule has 2 aromatic carbocycles. The van der Waals surface area contributed by atoms with Gasteiger partial charge in [-0.1, -0.05) is 36.4 Å². The number of hydrogen-bond acceptors (Lipinski definition) is 3. The molecule has 0 aliphatic rings. The largest absolute Gasteiger partial charge is 0.466 e. The number of carbonyl (C=O) groups is 1. The Kier molecular flexibility index (Phi) is 4.90. The highest BCUT2D eigenvalue weighted by molar-refractivity contribution is 5.94. The Labute approximate surface area is 126 Å². The van der Waals surface area contributed by atoms with Crippen LogP contribution in [0.1, 0.15) is 13.3 Å². The molecule has 118 valence electrons.